The van der Waals surface area contributed by atoms with Crippen LogP contribution in [0.1, 0.15) is 26.7 Å². The summed E-state index contributed by atoms with van der Waals surface area (Å²) in [5, 5.41) is 5.88. The molecule has 0 saturated carbocycles. The van der Waals surface area contributed by atoms with Gasteiger partial charge < -0.3 is 5.32 Å². The summed E-state index contributed by atoms with van der Waals surface area (Å²) >= 11 is 0. The fraction of sp³-hybridized carbons (Fsp3) is 0.714. The number of nitrogens with one attached hydrogen (secondary N) is 1. The van der Waals surface area contributed by atoms with Gasteiger partial charge in [-0.3, -0.25) is 4.84 Å². The Morgan fingerprint density at radius 1 is 1.64 bits per heavy atom. The third-order valence-corrected chi connectivity index (χ3v) is 1.10. The number of carbonyl (C=O) groups is 1. The molecule has 64 valence electrons. The molecule has 0 radical (unpaired) electrons. The molecule has 0 saturated heterocycles. The van der Waals surface area contributed by atoms with E-state index in [-0.39, 0.29) is 0 Å². The monoisotopic (exact) mass is 158 g/mol. The van der Waals surface area contributed by atoms with Crippen molar-refractivity contribution in [1.29, 1.82) is 0 Å². The fourth-order valence-electron chi connectivity index (χ4n) is 0.572. The Bertz CT molecular complexity index is 155. The summed E-state index contributed by atoms with van der Waals surface area (Å²) in [5.41, 5.74) is 0.830. The second kappa shape index (κ2) is 5.70. The summed E-state index contributed by atoms with van der Waals surface area (Å²) in [6.45, 7) is 3.87. The largest absolute Gasteiger partial charge is 0.433 e. The first-order valence-electron chi connectivity index (χ1n) is 3.63. The molecule has 0 rings (SSSR count). The smallest absolute Gasteiger partial charge is 0.323 e. The van der Waals surface area contributed by atoms with Gasteiger partial charge in [0.25, 0.3) is 0 Å². The van der Waals surface area contributed by atoms with Gasteiger partial charge in [-0.2, -0.15) is 0 Å². The number of rotatable bonds is 3. The SMILES string of the molecule is CCC/C(C)=N\OC(=O)NC. The van der Waals surface area contributed by atoms with E-state index < -0.39 is 6.09 Å². The van der Waals surface area contributed by atoms with Crippen LogP contribution in [0.4, 0.5) is 4.79 Å². The maximum absolute atomic E-state index is 10.5. The van der Waals surface area contributed by atoms with Crippen molar-refractivity contribution in [1.82, 2.24) is 5.32 Å². The Kier molecular flexibility index (Phi) is 5.15. The van der Waals surface area contributed by atoms with Gasteiger partial charge in [0.1, 0.15) is 0 Å². The van der Waals surface area contributed by atoms with Gasteiger partial charge in [-0.1, -0.05) is 18.5 Å². The molecule has 0 aliphatic carbocycles. The first-order valence-corrected chi connectivity index (χ1v) is 3.63. The summed E-state index contributed by atoms with van der Waals surface area (Å²) in [5.74, 6) is 0. The number of nitrogens with zero attached hydrogens (tertiary/aromatic N) is 1. The zero-order valence-corrected chi connectivity index (χ0v) is 7.18. The lowest BCUT2D eigenvalue weighted by Crippen LogP contribution is -2.17. The first kappa shape index (κ1) is 9.94. The number of oxime groups is 1. The lowest BCUT2D eigenvalue weighted by molar-refractivity contribution is 0.152. The van der Waals surface area contributed by atoms with E-state index in [4.69, 9.17) is 0 Å². The highest BCUT2D eigenvalue weighted by Crippen LogP contribution is 1.91. The van der Waals surface area contributed by atoms with Gasteiger partial charge in [0.2, 0.25) is 0 Å². The maximum Gasteiger partial charge on any atom is 0.433 e. The first-order chi connectivity index (χ1) is 5.20. The highest BCUT2D eigenvalue weighted by atomic mass is 16.7. The van der Waals surface area contributed by atoms with Crippen LogP contribution in [0.2, 0.25) is 0 Å². The minimum Gasteiger partial charge on any atom is -0.323 e. The molecule has 0 fully saturated rings. The number of carbonyl (C=O) groups excluding carboxylic acids is 1. The van der Waals surface area contributed by atoms with E-state index in [2.05, 4.69) is 15.3 Å². The van der Waals surface area contributed by atoms with Crippen molar-refractivity contribution in [3.05, 3.63) is 0 Å². The molecule has 0 aliphatic heterocycles. The molecule has 0 aromatic carbocycles. The standard InChI is InChI=1S/C7H14N2O2/c1-4-5-6(2)9-11-7(10)8-3/h4-5H2,1-3H3,(H,8,10)/b9-6-. The lowest BCUT2D eigenvalue weighted by Gasteiger charge is -1.97. The molecule has 4 nitrogen and oxygen atoms in total. The summed E-state index contributed by atoms with van der Waals surface area (Å²) in [4.78, 5) is 14.9. The van der Waals surface area contributed by atoms with Crippen LogP contribution in [-0.2, 0) is 4.84 Å². The van der Waals surface area contributed by atoms with Crippen molar-refractivity contribution in [3.63, 3.8) is 0 Å². The molecular formula is C7H14N2O2. The Hall–Kier alpha value is -1.06. The highest BCUT2D eigenvalue weighted by Gasteiger charge is 1.95. The van der Waals surface area contributed by atoms with E-state index in [0.717, 1.165) is 18.6 Å². The van der Waals surface area contributed by atoms with Gasteiger partial charge in [-0.05, 0) is 13.3 Å². The van der Waals surface area contributed by atoms with E-state index in [9.17, 15) is 4.79 Å². The second-order valence-electron chi connectivity index (χ2n) is 2.21. The topological polar surface area (TPSA) is 50.7 Å². The van der Waals surface area contributed by atoms with Gasteiger partial charge in [-0.15, -0.1) is 0 Å². The van der Waals surface area contributed by atoms with Crippen LogP contribution in [0.15, 0.2) is 5.16 Å². The van der Waals surface area contributed by atoms with Crippen molar-refractivity contribution < 1.29 is 9.63 Å². The number of hydrogen-bond donors (Lipinski definition) is 1. The minimum atomic E-state index is -0.527. The number of amides is 1. The number of hydrogen-bond acceptors (Lipinski definition) is 3. The molecule has 0 aromatic rings. The van der Waals surface area contributed by atoms with Crippen LogP contribution in [0.5, 0.6) is 0 Å². The van der Waals surface area contributed by atoms with Gasteiger partial charge in [0.05, 0.1) is 5.71 Å². The van der Waals surface area contributed by atoms with E-state index in [1.165, 1.54) is 7.05 Å². The quantitative estimate of drug-likeness (QED) is 0.384. The van der Waals surface area contributed by atoms with Gasteiger partial charge in [0, 0.05) is 7.05 Å². The maximum atomic E-state index is 10.5. The van der Waals surface area contributed by atoms with Crippen LogP contribution >= 0.6 is 0 Å². The van der Waals surface area contributed by atoms with Crippen molar-refractivity contribution in [2.24, 2.45) is 5.16 Å². The van der Waals surface area contributed by atoms with Crippen molar-refractivity contribution in [2.75, 3.05) is 7.05 Å². The third-order valence-electron chi connectivity index (χ3n) is 1.10. The zero-order chi connectivity index (χ0) is 8.69. The molecule has 0 aromatic heterocycles. The normalized spacial score (nSPS) is 11.0. The summed E-state index contributed by atoms with van der Waals surface area (Å²) in [6, 6.07) is 0. The Morgan fingerprint density at radius 3 is 2.73 bits per heavy atom. The average molecular weight is 158 g/mol. The minimum absolute atomic E-state index is 0.527. The Balaban J connectivity index is 3.63. The van der Waals surface area contributed by atoms with Crippen molar-refractivity contribution in [2.45, 2.75) is 26.7 Å². The zero-order valence-electron chi connectivity index (χ0n) is 7.18. The molecule has 11 heavy (non-hydrogen) atoms. The summed E-state index contributed by atoms with van der Waals surface area (Å²) in [7, 11) is 1.49. The molecule has 0 atom stereocenters. The molecular weight excluding hydrogens is 144 g/mol. The van der Waals surface area contributed by atoms with E-state index >= 15 is 0 Å². The van der Waals surface area contributed by atoms with Crippen LogP contribution < -0.4 is 5.32 Å². The predicted molar refractivity (Wildman–Crippen MR) is 43.6 cm³/mol. The second-order valence-corrected chi connectivity index (χ2v) is 2.21. The van der Waals surface area contributed by atoms with E-state index in [1.807, 2.05) is 13.8 Å². The predicted octanol–water partition coefficient (Wildman–Crippen LogP) is 1.52. The molecule has 0 bridgehead atoms. The molecule has 1 amide bonds. The molecule has 1 N–H and O–H groups in total. The fourth-order valence-corrected chi connectivity index (χ4v) is 0.572. The van der Waals surface area contributed by atoms with Gasteiger partial charge in [0.15, 0.2) is 0 Å². The Labute approximate surface area is 66.6 Å². The third kappa shape index (κ3) is 5.39. The molecule has 0 spiro atoms. The summed E-state index contributed by atoms with van der Waals surface area (Å²) in [6.07, 6.45) is 1.34. The summed E-state index contributed by atoms with van der Waals surface area (Å²) < 4.78 is 0. The van der Waals surface area contributed by atoms with Gasteiger partial charge >= 0.3 is 6.09 Å². The molecule has 0 aliphatic rings. The van der Waals surface area contributed by atoms with Crippen molar-refractivity contribution in [3.8, 4) is 0 Å². The molecule has 0 heterocycles. The lowest BCUT2D eigenvalue weighted by atomic mass is 10.2. The molecule has 4 heteroatoms. The van der Waals surface area contributed by atoms with Crippen LogP contribution in [0, 0.1) is 0 Å². The van der Waals surface area contributed by atoms with Crippen LogP contribution in [0.3, 0.4) is 0 Å². The van der Waals surface area contributed by atoms with E-state index in [1.54, 1.807) is 0 Å². The van der Waals surface area contributed by atoms with Crippen molar-refractivity contribution >= 4 is 11.8 Å². The van der Waals surface area contributed by atoms with Crippen LogP contribution in [0.25, 0.3) is 0 Å². The van der Waals surface area contributed by atoms with Crippen LogP contribution in [-0.4, -0.2) is 18.9 Å². The molecule has 0 unspecified atom stereocenters. The Morgan fingerprint density at radius 2 is 2.27 bits per heavy atom. The van der Waals surface area contributed by atoms with Gasteiger partial charge in [-0.25, -0.2) is 4.79 Å². The van der Waals surface area contributed by atoms with E-state index in [0.29, 0.717) is 0 Å². The highest BCUT2D eigenvalue weighted by molar-refractivity contribution is 5.82. The average Bonchev–Trinajstić information content (AvgIpc) is 2.01.